The van der Waals surface area contributed by atoms with Gasteiger partial charge in [0.05, 0.1) is 11.6 Å². The zero-order valence-electron chi connectivity index (χ0n) is 11.5. The predicted molar refractivity (Wildman–Crippen MR) is 74.1 cm³/mol. The van der Waals surface area contributed by atoms with Gasteiger partial charge >= 0.3 is 5.97 Å². The van der Waals surface area contributed by atoms with Gasteiger partial charge in [-0.2, -0.15) is 5.10 Å². The molecule has 1 rings (SSSR count). The minimum absolute atomic E-state index is 0. The van der Waals surface area contributed by atoms with Gasteiger partial charge in [0.2, 0.25) is 0 Å². The minimum Gasteiger partial charge on any atom is -0.481 e. The summed E-state index contributed by atoms with van der Waals surface area (Å²) >= 11 is 0. The van der Waals surface area contributed by atoms with Crippen molar-refractivity contribution in [3.63, 3.8) is 0 Å². The van der Waals surface area contributed by atoms with E-state index < -0.39 is 5.97 Å². The molecule has 1 aromatic heterocycles. The van der Waals surface area contributed by atoms with Crippen LogP contribution in [0.5, 0.6) is 0 Å². The molecular formula is C13H23ClN2O2. The Morgan fingerprint density at radius 2 is 2.00 bits per heavy atom. The fraction of sp³-hybridized carbons (Fsp3) is 0.692. The van der Waals surface area contributed by atoms with Gasteiger partial charge in [0.25, 0.3) is 0 Å². The third-order valence-corrected chi connectivity index (χ3v) is 2.75. The Balaban J connectivity index is 0.00000289. The maximum absolute atomic E-state index is 11.1. The molecule has 0 aliphatic rings. The van der Waals surface area contributed by atoms with Crippen LogP contribution in [-0.2, 0) is 11.2 Å². The van der Waals surface area contributed by atoms with Gasteiger partial charge in [-0.1, -0.05) is 13.8 Å². The number of aliphatic carboxylic acids is 1. The van der Waals surface area contributed by atoms with Gasteiger partial charge in [-0.3, -0.25) is 9.48 Å². The highest BCUT2D eigenvalue weighted by atomic mass is 35.5. The Kier molecular flexibility index (Phi) is 6.99. The largest absolute Gasteiger partial charge is 0.481 e. The third kappa shape index (κ3) is 5.08. The van der Waals surface area contributed by atoms with Crippen LogP contribution < -0.4 is 0 Å². The van der Waals surface area contributed by atoms with Crippen LogP contribution in [0.1, 0.15) is 45.9 Å². The molecule has 0 spiro atoms. The maximum Gasteiger partial charge on any atom is 0.306 e. The molecule has 18 heavy (non-hydrogen) atoms. The number of aromatic nitrogens is 2. The molecule has 0 aromatic carbocycles. The first-order valence-electron chi connectivity index (χ1n) is 6.17. The monoisotopic (exact) mass is 274 g/mol. The van der Waals surface area contributed by atoms with Crippen molar-refractivity contribution >= 4 is 18.4 Å². The van der Waals surface area contributed by atoms with Crippen LogP contribution >= 0.6 is 12.4 Å². The zero-order chi connectivity index (χ0) is 13.0. The second-order valence-electron chi connectivity index (χ2n) is 5.25. The summed E-state index contributed by atoms with van der Waals surface area (Å²) in [7, 11) is 0. The first kappa shape index (κ1) is 17.0. The van der Waals surface area contributed by atoms with E-state index in [2.05, 4.69) is 18.9 Å². The summed E-state index contributed by atoms with van der Waals surface area (Å²) in [5.74, 6) is -0.661. The molecule has 0 fully saturated rings. The lowest BCUT2D eigenvalue weighted by molar-refractivity contribution is -0.142. The quantitative estimate of drug-likeness (QED) is 0.867. The van der Waals surface area contributed by atoms with Gasteiger partial charge in [0.15, 0.2) is 0 Å². The molecule has 0 aliphatic carbocycles. The Morgan fingerprint density at radius 3 is 2.39 bits per heavy atom. The first-order chi connectivity index (χ1) is 7.90. The molecule has 4 nitrogen and oxygen atoms in total. The summed E-state index contributed by atoms with van der Waals surface area (Å²) in [5, 5.41) is 13.6. The van der Waals surface area contributed by atoms with Crippen LogP contribution in [0.2, 0.25) is 0 Å². The number of carboxylic acid groups (broad SMARTS) is 1. The molecule has 1 unspecified atom stereocenters. The lowest BCUT2D eigenvalue weighted by Crippen LogP contribution is -2.19. The van der Waals surface area contributed by atoms with Gasteiger partial charge in [-0.15, -0.1) is 12.4 Å². The van der Waals surface area contributed by atoms with Crippen LogP contribution in [-0.4, -0.2) is 20.9 Å². The number of rotatable bonds is 6. The molecule has 0 aliphatic heterocycles. The summed E-state index contributed by atoms with van der Waals surface area (Å²) in [6.45, 7) is 8.20. The lowest BCUT2D eigenvalue weighted by atomic mass is 9.93. The SMILES string of the molecule is CC(C)CC(Cc1ccn(C(C)C)n1)C(=O)O.Cl. The molecule has 0 radical (unpaired) electrons. The summed E-state index contributed by atoms with van der Waals surface area (Å²) < 4.78 is 1.86. The molecule has 104 valence electrons. The van der Waals surface area contributed by atoms with E-state index in [1.165, 1.54) is 0 Å². The van der Waals surface area contributed by atoms with Crippen LogP contribution in [0, 0.1) is 11.8 Å². The zero-order valence-corrected chi connectivity index (χ0v) is 12.3. The molecule has 1 heterocycles. The normalized spacial score (nSPS) is 12.6. The van der Waals surface area contributed by atoms with E-state index in [0.717, 1.165) is 5.69 Å². The van der Waals surface area contributed by atoms with Crippen molar-refractivity contribution in [2.45, 2.75) is 46.6 Å². The van der Waals surface area contributed by atoms with Gasteiger partial charge in [0, 0.05) is 18.7 Å². The molecule has 1 aromatic rings. The number of halogens is 1. The van der Waals surface area contributed by atoms with E-state index >= 15 is 0 Å². The van der Waals surface area contributed by atoms with E-state index in [-0.39, 0.29) is 18.3 Å². The summed E-state index contributed by atoms with van der Waals surface area (Å²) in [6, 6.07) is 2.23. The van der Waals surface area contributed by atoms with Gasteiger partial charge in [-0.05, 0) is 32.3 Å². The molecule has 5 heteroatoms. The van der Waals surface area contributed by atoms with Crippen molar-refractivity contribution < 1.29 is 9.90 Å². The smallest absolute Gasteiger partial charge is 0.306 e. The van der Waals surface area contributed by atoms with Crippen molar-refractivity contribution in [2.75, 3.05) is 0 Å². The van der Waals surface area contributed by atoms with Crippen molar-refractivity contribution in [3.05, 3.63) is 18.0 Å². The van der Waals surface area contributed by atoms with Crippen molar-refractivity contribution in [3.8, 4) is 0 Å². The molecule has 0 saturated carbocycles. The topological polar surface area (TPSA) is 55.1 Å². The maximum atomic E-state index is 11.1. The number of carboxylic acids is 1. The predicted octanol–water partition coefficient (Wildman–Crippen LogP) is 3.18. The van der Waals surface area contributed by atoms with E-state index in [1.807, 2.05) is 30.8 Å². The molecule has 0 bridgehead atoms. The average Bonchev–Trinajstić information content (AvgIpc) is 2.64. The average molecular weight is 275 g/mol. The fourth-order valence-electron chi connectivity index (χ4n) is 1.87. The highest BCUT2D eigenvalue weighted by molar-refractivity contribution is 5.85. The number of carbonyl (C=O) groups is 1. The Hall–Kier alpha value is -1.03. The van der Waals surface area contributed by atoms with Crippen LogP contribution in [0.4, 0.5) is 0 Å². The second-order valence-corrected chi connectivity index (χ2v) is 5.25. The standard InChI is InChI=1S/C13H22N2O2.ClH/c1-9(2)7-11(13(16)17)8-12-5-6-15(14-12)10(3)4;/h5-6,9-11H,7-8H2,1-4H3,(H,16,17);1H. The third-order valence-electron chi connectivity index (χ3n) is 2.75. The van der Waals surface area contributed by atoms with Gasteiger partial charge in [-0.25, -0.2) is 0 Å². The van der Waals surface area contributed by atoms with Crippen LogP contribution in [0.15, 0.2) is 12.3 Å². The molecule has 0 saturated heterocycles. The van der Waals surface area contributed by atoms with Gasteiger partial charge < -0.3 is 5.11 Å². The van der Waals surface area contributed by atoms with Crippen LogP contribution in [0.25, 0.3) is 0 Å². The molecule has 0 amide bonds. The number of hydrogen-bond acceptors (Lipinski definition) is 2. The first-order valence-corrected chi connectivity index (χ1v) is 6.17. The van der Waals surface area contributed by atoms with E-state index in [4.69, 9.17) is 5.11 Å². The Labute approximate surface area is 115 Å². The van der Waals surface area contributed by atoms with Gasteiger partial charge in [0.1, 0.15) is 0 Å². The number of nitrogens with zero attached hydrogens (tertiary/aromatic N) is 2. The highest BCUT2D eigenvalue weighted by Crippen LogP contribution is 2.17. The minimum atomic E-state index is -0.724. The number of hydrogen-bond donors (Lipinski definition) is 1. The van der Waals surface area contributed by atoms with Crippen molar-refractivity contribution in [1.82, 2.24) is 9.78 Å². The summed E-state index contributed by atoms with van der Waals surface area (Å²) in [4.78, 5) is 11.1. The second kappa shape index (κ2) is 7.41. The molecule has 1 N–H and O–H groups in total. The van der Waals surface area contributed by atoms with Crippen molar-refractivity contribution in [1.29, 1.82) is 0 Å². The van der Waals surface area contributed by atoms with E-state index in [0.29, 0.717) is 24.8 Å². The fourth-order valence-corrected chi connectivity index (χ4v) is 1.87. The summed E-state index contributed by atoms with van der Waals surface area (Å²) in [6.07, 6.45) is 3.13. The lowest BCUT2D eigenvalue weighted by Gasteiger charge is -2.13. The molecular weight excluding hydrogens is 252 g/mol. The van der Waals surface area contributed by atoms with E-state index in [1.54, 1.807) is 0 Å². The Morgan fingerprint density at radius 1 is 1.39 bits per heavy atom. The molecule has 1 atom stereocenters. The summed E-state index contributed by atoms with van der Waals surface area (Å²) in [5.41, 5.74) is 0.867. The van der Waals surface area contributed by atoms with Crippen LogP contribution in [0.3, 0.4) is 0 Å². The van der Waals surface area contributed by atoms with E-state index in [9.17, 15) is 4.79 Å². The highest BCUT2D eigenvalue weighted by Gasteiger charge is 2.20. The van der Waals surface area contributed by atoms with Crippen molar-refractivity contribution in [2.24, 2.45) is 11.8 Å². The Bertz CT molecular complexity index is 375.